The number of benzene rings is 1. The van der Waals surface area contributed by atoms with Crippen LogP contribution in [-0.2, 0) is 13.0 Å². The van der Waals surface area contributed by atoms with Gasteiger partial charge < -0.3 is 5.73 Å². The molecule has 0 saturated heterocycles. The predicted molar refractivity (Wildman–Crippen MR) is 106 cm³/mol. The second-order valence-corrected chi connectivity index (χ2v) is 7.67. The molecule has 3 rings (SSSR count). The normalized spacial score (nSPS) is 11.6. The molecule has 0 aliphatic heterocycles. The molecule has 7 nitrogen and oxygen atoms in total. The zero-order valence-corrected chi connectivity index (χ0v) is 16.5. The van der Waals surface area contributed by atoms with E-state index in [1.54, 1.807) is 22.9 Å². The summed E-state index contributed by atoms with van der Waals surface area (Å²) in [7, 11) is 0. The van der Waals surface area contributed by atoms with Gasteiger partial charge in [0, 0.05) is 29.1 Å². The van der Waals surface area contributed by atoms with E-state index in [1.165, 1.54) is 11.3 Å². The Labute approximate surface area is 170 Å². The number of carbonyl (C=O) groups is 1. The molecular weight excluding hydrogens is 396 g/mol. The molecule has 0 fully saturated rings. The van der Waals surface area contributed by atoms with Crippen molar-refractivity contribution in [2.75, 3.05) is 0 Å². The summed E-state index contributed by atoms with van der Waals surface area (Å²) in [6, 6.07) is 11.1. The number of hydrogen-bond donors (Lipinski definition) is 1. The van der Waals surface area contributed by atoms with E-state index in [0.717, 1.165) is 16.1 Å². The molecule has 9 heteroatoms. The number of rotatable bonds is 6. The van der Waals surface area contributed by atoms with Gasteiger partial charge in [0.05, 0.1) is 28.8 Å². The molecular formula is C19H15ClN6OS. The van der Waals surface area contributed by atoms with Crippen molar-refractivity contribution in [1.29, 1.82) is 10.5 Å². The van der Waals surface area contributed by atoms with Crippen LogP contribution in [0.15, 0.2) is 30.5 Å². The number of thiazole rings is 1. The van der Waals surface area contributed by atoms with Crippen molar-refractivity contribution < 1.29 is 4.79 Å². The predicted octanol–water partition coefficient (Wildman–Crippen LogP) is 3.50. The zero-order valence-electron chi connectivity index (χ0n) is 14.9. The van der Waals surface area contributed by atoms with E-state index in [4.69, 9.17) is 27.9 Å². The lowest BCUT2D eigenvalue weighted by Gasteiger charge is -2.10. The lowest BCUT2D eigenvalue weighted by molar-refractivity contribution is 0.0994. The first-order valence-electron chi connectivity index (χ1n) is 8.32. The molecule has 0 spiro atoms. The lowest BCUT2D eigenvalue weighted by atomic mass is 10.1. The molecule has 140 valence electrons. The Bertz CT molecular complexity index is 1120. The Kier molecular flexibility index (Phi) is 5.74. The van der Waals surface area contributed by atoms with Crippen LogP contribution in [0.2, 0.25) is 5.02 Å². The van der Waals surface area contributed by atoms with Crippen LogP contribution in [0, 0.1) is 22.7 Å². The molecule has 2 aromatic heterocycles. The Morgan fingerprint density at radius 1 is 1.39 bits per heavy atom. The molecule has 2 heterocycles. The van der Waals surface area contributed by atoms with Crippen molar-refractivity contribution in [1.82, 2.24) is 14.8 Å². The average molecular weight is 411 g/mol. The summed E-state index contributed by atoms with van der Waals surface area (Å²) in [5.74, 6) is -0.666. The highest BCUT2D eigenvalue weighted by Gasteiger charge is 2.21. The zero-order chi connectivity index (χ0) is 20.3. The quantitative estimate of drug-likeness (QED) is 0.666. The van der Waals surface area contributed by atoms with Crippen molar-refractivity contribution in [2.24, 2.45) is 5.73 Å². The molecule has 1 unspecified atom stereocenters. The molecule has 0 saturated carbocycles. The molecule has 0 radical (unpaired) electrons. The Morgan fingerprint density at radius 3 is 2.82 bits per heavy atom. The van der Waals surface area contributed by atoms with Gasteiger partial charge in [-0.25, -0.2) is 4.98 Å². The van der Waals surface area contributed by atoms with E-state index in [1.807, 2.05) is 31.3 Å². The first kappa shape index (κ1) is 19.6. The second kappa shape index (κ2) is 8.22. The lowest BCUT2D eigenvalue weighted by Crippen LogP contribution is -2.16. The highest BCUT2D eigenvalue weighted by atomic mass is 35.5. The Balaban J connectivity index is 1.82. The monoisotopic (exact) mass is 410 g/mol. The van der Waals surface area contributed by atoms with Gasteiger partial charge in [0.2, 0.25) is 0 Å². The number of aromatic nitrogens is 3. The van der Waals surface area contributed by atoms with Gasteiger partial charge >= 0.3 is 0 Å². The number of amides is 1. The molecule has 28 heavy (non-hydrogen) atoms. The minimum atomic E-state index is -0.601. The molecule has 1 amide bonds. The summed E-state index contributed by atoms with van der Waals surface area (Å²) in [6.07, 6.45) is 1.97. The van der Waals surface area contributed by atoms with Crippen LogP contribution >= 0.6 is 22.9 Å². The van der Waals surface area contributed by atoms with Crippen molar-refractivity contribution in [3.63, 3.8) is 0 Å². The van der Waals surface area contributed by atoms with Crippen LogP contribution in [0.3, 0.4) is 0 Å². The fourth-order valence-electron chi connectivity index (χ4n) is 2.78. The van der Waals surface area contributed by atoms with Crippen LogP contribution in [0.25, 0.3) is 11.3 Å². The van der Waals surface area contributed by atoms with Gasteiger partial charge in [-0.05, 0) is 18.2 Å². The van der Waals surface area contributed by atoms with Crippen LogP contribution in [0.4, 0.5) is 0 Å². The minimum Gasteiger partial charge on any atom is -0.364 e. The summed E-state index contributed by atoms with van der Waals surface area (Å²) >= 11 is 7.42. The van der Waals surface area contributed by atoms with Crippen LogP contribution < -0.4 is 5.73 Å². The summed E-state index contributed by atoms with van der Waals surface area (Å²) in [5.41, 5.74) is 7.60. The van der Waals surface area contributed by atoms with Gasteiger partial charge in [-0.3, -0.25) is 9.48 Å². The maximum atomic E-state index is 11.7. The molecule has 3 aromatic rings. The first-order chi connectivity index (χ1) is 13.4. The van der Waals surface area contributed by atoms with Gasteiger partial charge in [0.1, 0.15) is 16.8 Å². The molecule has 0 aliphatic carbocycles. The molecule has 2 N–H and O–H groups in total. The summed E-state index contributed by atoms with van der Waals surface area (Å²) in [5, 5.41) is 23.3. The number of nitrogens with two attached hydrogens (primary N) is 1. The third-order valence-electron chi connectivity index (χ3n) is 4.10. The standard InChI is InChI=1S/C19H15ClN6OS/c1-11(18-17(19(23)27)24-16(28-18)4-6-21)10-26-7-5-15(25-26)12-2-3-13(9-22)14(20)8-12/h2-3,5,7-8,11H,4,10H2,1H3,(H2,23,27). The number of primary amides is 1. The maximum absolute atomic E-state index is 11.7. The highest BCUT2D eigenvalue weighted by Crippen LogP contribution is 2.29. The fraction of sp³-hybridized carbons (Fsp3) is 0.211. The Hall–Kier alpha value is -3.20. The van der Waals surface area contributed by atoms with Gasteiger partial charge in [0.15, 0.2) is 0 Å². The number of halogens is 1. The van der Waals surface area contributed by atoms with E-state index >= 15 is 0 Å². The topological polar surface area (TPSA) is 121 Å². The molecule has 1 atom stereocenters. The van der Waals surface area contributed by atoms with Crippen molar-refractivity contribution >= 4 is 28.8 Å². The average Bonchev–Trinajstić information content (AvgIpc) is 3.29. The largest absolute Gasteiger partial charge is 0.364 e. The fourth-order valence-corrected chi connectivity index (χ4v) is 4.05. The number of carbonyl (C=O) groups excluding carboxylic acids is 1. The Morgan fingerprint density at radius 2 is 2.18 bits per heavy atom. The van der Waals surface area contributed by atoms with Crippen molar-refractivity contribution in [2.45, 2.75) is 25.8 Å². The minimum absolute atomic E-state index is 0.0651. The van der Waals surface area contributed by atoms with E-state index in [0.29, 0.717) is 22.1 Å². The molecule has 1 aromatic carbocycles. The third kappa shape index (κ3) is 4.04. The van der Waals surface area contributed by atoms with Crippen LogP contribution in [0.1, 0.15) is 38.8 Å². The van der Waals surface area contributed by atoms with Crippen LogP contribution in [-0.4, -0.2) is 20.7 Å². The number of nitriles is 2. The van der Waals surface area contributed by atoms with Crippen molar-refractivity contribution in [3.8, 4) is 23.4 Å². The van der Waals surface area contributed by atoms with E-state index in [2.05, 4.69) is 10.1 Å². The van der Waals surface area contributed by atoms with E-state index in [-0.39, 0.29) is 18.0 Å². The van der Waals surface area contributed by atoms with Gasteiger partial charge in [-0.15, -0.1) is 11.3 Å². The number of hydrogen-bond acceptors (Lipinski definition) is 6. The van der Waals surface area contributed by atoms with Gasteiger partial charge in [0.25, 0.3) is 5.91 Å². The van der Waals surface area contributed by atoms with Crippen molar-refractivity contribution in [3.05, 3.63) is 56.6 Å². The van der Waals surface area contributed by atoms with Gasteiger partial charge in [-0.2, -0.15) is 15.6 Å². The number of nitrogens with zero attached hydrogens (tertiary/aromatic N) is 5. The van der Waals surface area contributed by atoms with E-state index in [9.17, 15) is 4.79 Å². The second-order valence-electron chi connectivity index (χ2n) is 6.15. The highest BCUT2D eigenvalue weighted by molar-refractivity contribution is 7.12. The third-order valence-corrected chi connectivity index (χ3v) is 5.70. The maximum Gasteiger partial charge on any atom is 0.268 e. The SMILES string of the molecule is CC(Cn1ccc(-c2ccc(C#N)c(Cl)c2)n1)c1sc(CC#N)nc1C(N)=O. The van der Waals surface area contributed by atoms with E-state index < -0.39 is 5.91 Å². The summed E-state index contributed by atoms with van der Waals surface area (Å²) in [6.45, 7) is 2.47. The molecule has 0 bridgehead atoms. The summed E-state index contributed by atoms with van der Waals surface area (Å²) < 4.78 is 1.76. The van der Waals surface area contributed by atoms with Gasteiger partial charge in [-0.1, -0.05) is 24.6 Å². The smallest absolute Gasteiger partial charge is 0.268 e. The molecule has 0 aliphatic rings. The van der Waals surface area contributed by atoms with Crippen LogP contribution in [0.5, 0.6) is 0 Å². The summed E-state index contributed by atoms with van der Waals surface area (Å²) in [4.78, 5) is 16.6. The first-order valence-corrected chi connectivity index (χ1v) is 9.52.